The van der Waals surface area contributed by atoms with Crippen LogP contribution >= 0.6 is 11.3 Å². The molecule has 0 aliphatic carbocycles. The lowest BCUT2D eigenvalue weighted by Crippen LogP contribution is -2.19. The smallest absolute Gasteiger partial charge is 0.152 e. The van der Waals surface area contributed by atoms with E-state index >= 15 is 0 Å². The van der Waals surface area contributed by atoms with Crippen LogP contribution in [0.2, 0.25) is 0 Å². The van der Waals surface area contributed by atoms with Crippen LogP contribution in [0, 0.1) is 0 Å². The van der Waals surface area contributed by atoms with Crippen LogP contribution in [0.25, 0.3) is 10.4 Å². The largest absolute Gasteiger partial charge is 0.371 e. The van der Waals surface area contributed by atoms with Crippen molar-refractivity contribution in [1.29, 1.82) is 0 Å². The Bertz CT molecular complexity index is 542. The van der Waals surface area contributed by atoms with Crippen molar-refractivity contribution in [1.82, 2.24) is 0 Å². The summed E-state index contributed by atoms with van der Waals surface area (Å²) in [5.41, 5.74) is 3.10. The van der Waals surface area contributed by atoms with Gasteiger partial charge in [-0.2, -0.15) is 0 Å². The summed E-state index contributed by atoms with van der Waals surface area (Å²) in [6.45, 7) is 2.13. The van der Waals surface area contributed by atoms with Gasteiger partial charge in [0, 0.05) is 29.2 Å². The lowest BCUT2D eigenvalue weighted by Gasteiger charge is -2.20. The van der Waals surface area contributed by atoms with Crippen LogP contribution in [-0.2, 0) is 0 Å². The molecule has 2 nitrogen and oxygen atoms in total. The molecule has 2 aromatic rings. The average Bonchev–Trinajstić information content (AvgIpc) is 3.11. The highest BCUT2D eigenvalue weighted by molar-refractivity contribution is 7.13. The lowest BCUT2D eigenvalue weighted by atomic mass is 10.1. The van der Waals surface area contributed by atoms with Gasteiger partial charge in [0.05, 0.1) is 0 Å². The maximum Gasteiger partial charge on any atom is 0.152 e. The van der Waals surface area contributed by atoms with Crippen molar-refractivity contribution in [3.63, 3.8) is 0 Å². The van der Waals surface area contributed by atoms with E-state index in [4.69, 9.17) is 0 Å². The number of carbonyl (C=O) groups excluding carboxylic acids is 1. The number of anilines is 1. The van der Waals surface area contributed by atoms with E-state index in [0.29, 0.717) is 0 Å². The summed E-state index contributed by atoms with van der Waals surface area (Å²) in [5, 5.41) is 2.08. The zero-order valence-electron chi connectivity index (χ0n) is 10.1. The molecular formula is C15H15NOS. The van der Waals surface area contributed by atoms with E-state index in [2.05, 4.69) is 28.5 Å². The zero-order valence-corrected chi connectivity index (χ0v) is 11.0. The summed E-state index contributed by atoms with van der Waals surface area (Å²) in [4.78, 5) is 14.7. The molecule has 0 amide bonds. The number of hydrogen-bond acceptors (Lipinski definition) is 3. The summed E-state index contributed by atoms with van der Waals surface area (Å²) in [6, 6.07) is 10.3. The summed E-state index contributed by atoms with van der Waals surface area (Å²) < 4.78 is 0. The third kappa shape index (κ3) is 2.06. The van der Waals surface area contributed by atoms with E-state index < -0.39 is 0 Å². The molecule has 1 aliphatic rings. The van der Waals surface area contributed by atoms with Crippen molar-refractivity contribution in [2.75, 3.05) is 18.0 Å². The minimum absolute atomic E-state index is 0.803. The summed E-state index contributed by atoms with van der Waals surface area (Å²) >= 11 is 1.73. The minimum atomic E-state index is 0.803. The molecule has 2 heterocycles. The number of aldehydes is 1. The van der Waals surface area contributed by atoms with Gasteiger partial charge in [0.25, 0.3) is 0 Å². The Morgan fingerprint density at radius 2 is 2.00 bits per heavy atom. The fraction of sp³-hybridized carbons (Fsp3) is 0.267. The quantitative estimate of drug-likeness (QED) is 0.779. The van der Waals surface area contributed by atoms with Gasteiger partial charge < -0.3 is 4.90 Å². The van der Waals surface area contributed by atoms with Gasteiger partial charge >= 0.3 is 0 Å². The first-order chi connectivity index (χ1) is 8.88. The minimum Gasteiger partial charge on any atom is -0.371 e. The number of benzene rings is 1. The SMILES string of the molecule is O=Cc1ccc(-c2cccs2)cc1N1CCCC1. The first-order valence-electron chi connectivity index (χ1n) is 6.26. The summed E-state index contributed by atoms with van der Waals surface area (Å²) in [5.74, 6) is 0. The van der Waals surface area contributed by atoms with Crippen LogP contribution in [0.3, 0.4) is 0 Å². The maximum absolute atomic E-state index is 11.2. The van der Waals surface area contributed by atoms with E-state index in [9.17, 15) is 4.79 Å². The van der Waals surface area contributed by atoms with Crippen LogP contribution < -0.4 is 4.90 Å². The van der Waals surface area contributed by atoms with Gasteiger partial charge in [-0.15, -0.1) is 11.3 Å². The topological polar surface area (TPSA) is 20.3 Å². The number of carbonyl (C=O) groups is 1. The van der Waals surface area contributed by atoms with Crippen LogP contribution in [0.4, 0.5) is 5.69 Å². The van der Waals surface area contributed by atoms with Gasteiger partial charge in [-0.25, -0.2) is 0 Å². The van der Waals surface area contributed by atoms with E-state index in [0.717, 1.165) is 30.6 Å². The van der Waals surface area contributed by atoms with Crippen molar-refractivity contribution in [3.05, 3.63) is 41.3 Å². The molecular weight excluding hydrogens is 242 g/mol. The second-order valence-electron chi connectivity index (χ2n) is 4.56. The summed E-state index contributed by atoms with van der Waals surface area (Å²) in [7, 11) is 0. The van der Waals surface area contributed by atoms with Gasteiger partial charge in [-0.1, -0.05) is 12.1 Å². The number of hydrogen-bond donors (Lipinski definition) is 0. The Morgan fingerprint density at radius 3 is 2.67 bits per heavy atom. The van der Waals surface area contributed by atoms with Crippen molar-refractivity contribution in [2.45, 2.75) is 12.8 Å². The fourth-order valence-electron chi connectivity index (χ4n) is 2.47. The number of thiophene rings is 1. The van der Waals surface area contributed by atoms with Crippen molar-refractivity contribution < 1.29 is 4.79 Å². The Balaban J connectivity index is 2.04. The molecule has 1 aliphatic heterocycles. The van der Waals surface area contributed by atoms with Crippen molar-refractivity contribution in [2.24, 2.45) is 0 Å². The Labute approximate surface area is 111 Å². The Morgan fingerprint density at radius 1 is 1.17 bits per heavy atom. The molecule has 3 rings (SSSR count). The molecule has 18 heavy (non-hydrogen) atoms. The van der Waals surface area contributed by atoms with Crippen LogP contribution in [0.5, 0.6) is 0 Å². The normalized spacial score (nSPS) is 15.0. The monoisotopic (exact) mass is 257 g/mol. The molecule has 3 heteroatoms. The average molecular weight is 257 g/mol. The van der Waals surface area contributed by atoms with E-state index in [-0.39, 0.29) is 0 Å². The second kappa shape index (κ2) is 4.94. The van der Waals surface area contributed by atoms with Gasteiger partial charge in [0.15, 0.2) is 6.29 Å². The van der Waals surface area contributed by atoms with E-state index in [1.165, 1.54) is 23.3 Å². The van der Waals surface area contributed by atoms with Gasteiger partial charge in [0.1, 0.15) is 0 Å². The Kier molecular flexibility index (Phi) is 3.15. The third-order valence-corrected chi connectivity index (χ3v) is 4.33. The zero-order chi connectivity index (χ0) is 12.4. The Hall–Kier alpha value is -1.61. The highest BCUT2D eigenvalue weighted by Gasteiger charge is 2.16. The first kappa shape index (κ1) is 11.5. The van der Waals surface area contributed by atoms with E-state index in [1.807, 2.05) is 12.1 Å². The van der Waals surface area contributed by atoms with Crippen LogP contribution in [-0.4, -0.2) is 19.4 Å². The van der Waals surface area contributed by atoms with Crippen molar-refractivity contribution >= 4 is 23.3 Å². The number of nitrogens with zero attached hydrogens (tertiary/aromatic N) is 1. The maximum atomic E-state index is 11.2. The molecule has 0 radical (unpaired) electrons. The molecule has 92 valence electrons. The molecule has 0 bridgehead atoms. The van der Waals surface area contributed by atoms with Crippen molar-refractivity contribution in [3.8, 4) is 10.4 Å². The highest BCUT2D eigenvalue weighted by Crippen LogP contribution is 2.31. The van der Waals surface area contributed by atoms with Crippen LogP contribution in [0.15, 0.2) is 35.7 Å². The standard InChI is InChI=1S/C15H15NOS/c17-11-13-6-5-12(15-4-3-9-18-15)10-14(13)16-7-1-2-8-16/h3-6,9-11H,1-2,7-8H2. The fourth-order valence-corrected chi connectivity index (χ4v) is 3.20. The molecule has 1 fully saturated rings. The van der Waals surface area contributed by atoms with E-state index in [1.54, 1.807) is 11.3 Å². The molecule has 0 spiro atoms. The molecule has 1 aromatic heterocycles. The predicted octanol–water partition coefficient (Wildman–Crippen LogP) is 3.83. The first-order valence-corrected chi connectivity index (χ1v) is 7.14. The number of rotatable bonds is 3. The predicted molar refractivity (Wildman–Crippen MR) is 76.6 cm³/mol. The van der Waals surface area contributed by atoms with Gasteiger partial charge in [-0.05, 0) is 42.0 Å². The van der Waals surface area contributed by atoms with Gasteiger partial charge in [0.2, 0.25) is 0 Å². The van der Waals surface area contributed by atoms with Gasteiger partial charge in [-0.3, -0.25) is 4.79 Å². The molecule has 0 unspecified atom stereocenters. The third-order valence-electron chi connectivity index (χ3n) is 3.41. The molecule has 1 aromatic carbocycles. The lowest BCUT2D eigenvalue weighted by molar-refractivity contribution is 0.112. The van der Waals surface area contributed by atoms with Crippen LogP contribution in [0.1, 0.15) is 23.2 Å². The highest BCUT2D eigenvalue weighted by atomic mass is 32.1. The molecule has 0 saturated carbocycles. The summed E-state index contributed by atoms with van der Waals surface area (Å²) in [6.07, 6.45) is 3.41. The molecule has 0 N–H and O–H groups in total. The molecule has 0 atom stereocenters. The second-order valence-corrected chi connectivity index (χ2v) is 5.51. The molecule has 1 saturated heterocycles.